The quantitative estimate of drug-likeness (QED) is 0.252. The number of aliphatic hydroxyl groups is 1. The highest BCUT2D eigenvalue weighted by Gasteiger charge is 2.19. The molecule has 0 aromatic carbocycles. The van der Waals surface area contributed by atoms with Crippen LogP contribution in [0.1, 0.15) is 16.9 Å². The van der Waals surface area contributed by atoms with Gasteiger partial charge in [-0.25, -0.2) is 14.6 Å². The molecule has 2 heterocycles. The molecule has 2 amide bonds. The zero-order valence-electron chi connectivity index (χ0n) is 16.9. The largest absolute Gasteiger partial charge is 0.493 e. The fourth-order valence-electron chi connectivity index (χ4n) is 2.18. The van der Waals surface area contributed by atoms with Gasteiger partial charge in [0.2, 0.25) is 12.7 Å². The third kappa shape index (κ3) is 7.24. The van der Waals surface area contributed by atoms with Crippen LogP contribution in [0.4, 0.5) is 4.79 Å². The summed E-state index contributed by atoms with van der Waals surface area (Å²) in [4.78, 5) is 49.9. The number of nitrogens with one attached hydrogen (secondary N) is 2. The predicted molar refractivity (Wildman–Crippen MR) is 103 cm³/mol. The molecule has 0 saturated heterocycles. The van der Waals surface area contributed by atoms with Gasteiger partial charge in [-0.1, -0.05) is 6.07 Å². The Morgan fingerprint density at radius 2 is 1.97 bits per heavy atom. The Balaban J connectivity index is 1.70. The molecule has 4 N–H and O–H groups in total. The molecule has 2 aromatic rings. The molecule has 0 radical (unpaired) electrons. The summed E-state index contributed by atoms with van der Waals surface area (Å²) in [6.45, 7) is -1.38. The van der Waals surface area contributed by atoms with Crippen LogP contribution in [0.3, 0.4) is 0 Å². The molecule has 0 aliphatic carbocycles. The monoisotopic (exact) mass is 451 g/mol. The number of aromatic nitrogens is 3. The predicted octanol–water partition coefficient (Wildman–Crippen LogP) is -1.15. The van der Waals surface area contributed by atoms with Gasteiger partial charge in [0.1, 0.15) is 6.54 Å². The highest BCUT2D eigenvalue weighted by atomic mass is 16.7. The smallest absolute Gasteiger partial charge is 0.407 e. The molecule has 2 rings (SSSR count). The van der Waals surface area contributed by atoms with Crippen LogP contribution < -0.4 is 10.6 Å². The van der Waals surface area contributed by atoms with E-state index in [-0.39, 0.29) is 24.5 Å². The van der Waals surface area contributed by atoms with Crippen LogP contribution in [0.2, 0.25) is 0 Å². The molecule has 0 aliphatic rings. The van der Waals surface area contributed by atoms with Gasteiger partial charge in [-0.2, -0.15) is 9.78 Å². The van der Waals surface area contributed by atoms with Crippen LogP contribution >= 0.6 is 0 Å². The van der Waals surface area contributed by atoms with Crippen molar-refractivity contribution in [2.75, 3.05) is 27.0 Å². The Bertz CT molecular complexity index is 948. The standard InChI is InChI=1S/C18H21N5O9/c1-30-18(29)21-9-15(26)31-10-32-17(28)12(24)5-7-20-16(27)11-8-14(25)23(22-11)13-4-2-3-6-19-13/h2-4,6,8,12,24-25H,5,7,9-10H2,1H3,(H,20,27)(H,21,29). The van der Waals surface area contributed by atoms with E-state index in [9.17, 15) is 29.4 Å². The zero-order chi connectivity index (χ0) is 23.5. The SMILES string of the molecule is COC(=O)NCC(=O)OCOC(=O)C(O)CCNC(=O)c1cc(O)n(-c2ccccn2)n1. The first-order valence-corrected chi connectivity index (χ1v) is 9.12. The summed E-state index contributed by atoms with van der Waals surface area (Å²) >= 11 is 0. The molecule has 14 nitrogen and oxygen atoms in total. The van der Waals surface area contributed by atoms with E-state index in [2.05, 4.69) is 34.9 Å². The normalized spacial score (nSPS) is 11.2. The lowest BCUT2D eigenvalue weighted by atomic mass is 10.2. The molecule has 0 fully saturated rings. The second kappa shape index (κ2) is 11.8. The summed E-state index contributed by atoms with van der Waals surface area (Å²) in [5.74, 6) is -2.61. The number of ether oxygens (including phenoxy) is 3. The van der Waals surface area contributed by atoms with Crippen molar-refractivity contribution in [3.63, 3.8) is 0 Å². The first-order valence-electron chi connectivity index (χ1n) is 9.12. The number of aliphatic hydroxyl groups excluding tert-OH is 1. The number of aromatic hydroxyl groups is 1. The Hall–Kier alpha value is -4.20. The average Bonchev–Trinajstić information content (AvgIpc) is 3.19. The summed E-state index contributed by atoms with van der Waals surface area (Å²) in [7, 11) is 1.12. The minimum absolute atomic E-state index is 0.0994. The van der Waals surface area contributed by atoms with Gasteiger partial charge in [-0.15, -0.1) is 0 Å². The topological polar surface area (TPSA) is 191 Å². The number of carbonyl (C=O) groups is 4. The second-order valence-corrected chi connectivity index (χ2v) is 5.99. The average molecular weight is 451 g/mol. The van der Waals surface area contributed by atoms with E-state index in [4.69, 9.17) is 0 Å². The minimum Gasteiger partial charge on any atom is -0.493 e. The summed E-state index contributed by atoms with van der Waals surface area (Å²) in [5.41, 5.74) is -0.0994. The number of alkyl carbamates (subject to hydrolysis) is 1. The van der Waals surface area contributed by atoms with Gasteiger partial charge in [0, 0.05) is 25.2 Å². The van der Waals surface area contributed by atoms with E-state index in [1.54, 1.807) is 18.2 Å². The minimum atomic E-state index is -1.60. The highest BCUT2D eigenvalue weighted by molar-refractivity contribution is 5.92. The lowest BCUT2D eigenvalue weighted by Crippen LogP contribution is -2.33. The van der Waals surface area contributed by atoms with Gasteiger partial charge < -0.3 is 35.1 Å². The Kier molecular flexibility index (Phi) is 8.91. The van der Waals surface area contributed by atoms with Gasteiger partial charge in [-0.3, -0.25) is 9.59 Å². The van der Waals surface area contributed by atoms with Gasteiger partial charge in [0.15, 0.2) is 17.6 Å². The first-order chi connectivity index (χ1) is 15.3. The van der Waals surface area contributed by atoms with E-state index in [0.29, 0.717) is 5.82 Å². The lowest BCUT2D eigenvalue weighted by Gasteiger charge is -2.11. The van der Waals surface area contributed by atoms with E-state index >= 15 is 0 Å². The van der Waals surface area contributed by atoms with E-state index in [1.807, 2.05) is 0 Å². The van der Waals surface area contributed by atoms with Crippen molar-refractivity contribution in [2.24, 2.45) is 0 Å². The lowest BCUT2D eigenvalue weighted by molar-refractivity contribution is -0.173. The van der Waals surface area contributed by atoms with Crippen molar-refractivity contribution < 1.29 is 43.6 Å². The number of hydrogen-bond donors (Lipinski definition) is 4. The molecule has 172 valence electrons. The molecule has 1 unspecified atom stereocenters. The van der Waals surface area contributed by atoms with Crippen molar-refractivity contribution >= 4 is 23.9 Å². The summed E-state index contributed by atoms with van der Waals surface area (Å²) in [6, 6.07) is 6.09. The number of methoxy groups -OCH3 is 1. The molecule has 0 saturated carbocycles. The molecule has 32 heavy (non-hydrogen) atoms. The highest BCUT2D eigenvalue weighted by Crippen LogP contribution is 2.16. The van der Waals surface area contributed by atoms with E-state index in [0.717, 1.165) is 17.9 Å². The van der Waals surface area contributed by atoms with Crippen molar-refractivity contribution in [1.82, 2.24) is 25.4 Å². The van der Waals surface area contributed by atoms with E-state index in [1.165, 1.54) is 6.20 Å². The van der Waals surface area contributed by atoms with Crippen molar-refractivity contribution in [2.45, 2.75) is 12.5 Å². The van der Waals surface area contributed by atoms with Crippen molar-refractivity contribution in [3.05, 3.63) is 36.2 Å². The fraction of sp³-hybridized carbons (Fsp3) is 0.333. The summed E-state index contributed by atoms with van der Waals surface area (Å²) in [6.07, 6.45) is -1.14. The maximum absolute atomic E-state index is 12.2. The zero-order valence-corrected chi connectivity index (χ0v) is 16.9. The van der Waals surface area contributed by atoms with Crippen LogP contribution in [0.5, 0.6) is 5.88 Å². The Morgan fingerprint density at radius 3 is 2.66 bits per heavy atom. The fourth-order valence-corrected chi connectivity index (χ4v) is 2.18. The Labute approximate surface area is 181 Å². The van der Waals surface area contributed by atoms with Crippen LogP contribution in [0.15, 0.2) is 30.5 Å². The number of amides is 2. The van der Waals surface area contributed by atoms with Gasteiger partial charge >= 0.3 is 18.0 Å². The van der Waals surface area contributed by atoms with Crippen LogP contribution in [-0.4, -0.2) is 82.0 Å². The molecule has 0 bridgehead atoms. The van der Waals surface area contributed by atoms with Crippen LogP contribution in [0.25, 0.3) is 5.82 Å². The van der Waals surface area contributed by atoms with Gasteiger partial charge in [-0.05, 0) is 12.1 Å². The van der Waals surface area contributed by atoms with Crippen molar-refractivity contribution in [1.29, 1.82) is 0 Å². The molecule has 0 spiro atoms. The maximum atomic E-state index is 12.2. The number of carbonyl (C=O) groups excluding carboxylic acids is 4. The molecular weight excluding hydrogens is 430 g/mol. The number of nitrogens with zero attached hydrogens (tertiary/aromatic N) is 3. The molecule has 2 aromatic heterocycles. The third-order valence-electron chi connectivity index (χ3n) is 3.75. The molecule has 0 aliphatic heterocycles. The van der Waals surface area contributed by atoms with Gasteiger partial charge in [0.05, 0.1) is 7.11 Å². The molecule has 1 atom stereocenters. The summed E-state index contributed by atoms with van der Waals surface area (Å²) < 4.78 is 14.4. The Morgan fingerprint density at radius 1 is 1.19 bits per heavy atom. The van der Waals surface area contributed by atoms with Crippen LogP contribution in [0, 0.1) is 0 Å². The maximum Gasteiger partial charge on any atom is 0.407 e. The second-order valence-electron chi connectivity index (χ2n) is 5.99. The number of hydrogen-bond acceptors (Lipinski definition) is 11. The van der Waals surface area contributed by atoms with E-state index < -0.39 is 43.4 Å². The molecular formula is C18H21N5O9. The first kappa shape index (κ1) is 24.1. The van der Waals surface area contributed by atoms with Crippen molar-refractivity contribution in [3.8, 4) is 11.7 Å². The number of pyridine rings is 1. The third-order valence-corrected chi connectivity index (χ3v) is 3.75. The number of rotatable bonds is 10. The molecule has 14 heteroatoms. The van der Waals surface area contributed by atoms with Gasteiger partial charge in [0.25, 0.3) is 5.91 Å². The van der Waals surface area contributed by atoms with Crippen LogP contribution in [-0.2, 0) is 23.8 Å². The number of esters is 2. The summed E-state index contributed by atoms with van der Waals surface area (Å²) in [5, 5.41) is 28.2.